The third-order valence-corrected chi connectivity index (χ3v) is 4.54. The quantitative estimate of drug-likeness (QED) is 0.720. The molecule has 1 aromatic rings. The first-order valence-corrected chi connectivity index (χ1v) is 9.15. The summed E-state index contributed by atoms with van der Waals surface area (Å²) in [4.78, 5) is 8.79. The van der Waals surface area contributed by atoms with Crippen molar-refractivity contribution in [2.75, 3.05) is 18.0 Å². The van der Waals surface area contributed by atoms with Crippen LogP contribution in [0.4, 0.5) is 5.13 Å². The Kier molecular flexibility index (Phi) is 7.67. The Labute approximate surface area is 135 Å². The SMILES string of the molecule is CCCN(c1nc(C(C)C)c(CNCC(C)C)s1)C(C)C. The van der Waals surface area contributed by atoms with Crippen LogP contribution < -0.4 is 10.2 Å². The van der Waals surface area contributed by atoms with Gasteiger partial charge in [-0.3, -0.25) is 0 Å². The molecule has 0 aliphatic carbocycles. The molecule has 1 N–H and O–H groups in total. The predicted octanol–water partition coefficient (Wildman–Crippen LogP) is 4.64. The summed E-state index contributed by atoms with van der Waals surface area (Å²) in [5.41, 5.74) is 1.27. The summed E-state index contributed by atoms with van der Waals surface area (Å²) < 4.78 is 0. The van der Waals surface area contributed by atoms with Gasteiger partial charge in [0.15, 0.2) is 5.13 Å². The van der Waals surface area contributed by atoms with Gasteiger partial charge in [0.05, 0.1) is 5.69 Å². The van der Waals surface area contributed by atoms with Crippen molar-refractivity contribution in [3.63, 3.8) is 0 Å². The monoisotopic (exact) mass is 311 g/mol. The zero-order valence-electron chi connectivity index (χ0n) is 14.9. The van der Waals surface area contributed by atoms with Crippen molar-refractivity contribution in [1.29, 1.82) is 0 Å². The molecule has 0 amide bonds. The van der Waals surface area contributed by atoms with Gasteiger partial charge in [-0.2, -0.15) is 0 Å². The normalized spacial score (nSPS) is 11.9. The van der Waals surface area contributed by atoms with E-state index in [-0.39, 0.29) is 0 Å². The first kappa shape index (κ1) is 18.4. The van der Waals surface area contributed by atoms with Crippen LogP contribution >= 0.6 is 11.3 Å². The van der Waals surface area contributed by atoms with E-state index in [1.54, 1.807) is 0 Å². The topological polar surface area (TPSA) is 28.2 Å². The van der Waals surface area contributed by atoms with Gasteiger partial charge in [-0.15, -0.1) is 11.3 Å². The van der Waals surface area contributed by atoms with E-state index >= 15 is 0 Å². The number of anilines is 1. The average Bonchev–Trinajstić information content (AvgIpc) is 2.79. The van der Waals surface area contributed by atoms with Crippen LogP contribution in [0.15, 0.2) is 0 Å². The van der Waals surface area contributed by atoms with Gasteiger partial charge in [-0.05, 0) is 38.6 Å². The minimum atomic E-state index is 0.487. The lowest BCUT2D eigenvalue weighted by Gasteiger charge is -2.25. The molecule has 21 heavy (non-hydrogen) atoms. The molecule has 0 saturated heterocycles. The highest BCUT2D eigenvalue weighted by Crippen LogP contribution is 2.31. The Balaban J connectivity index is 2.91. The molecule has 0 atom stereocenters. The molecule has 0 aromatic carbocycles. The maximum absolute atomic E-state index is 4.95. The van der Waals surface area contributed by atoms with Gasteiger partial charge < -0.3 is 10.2 Å². The van der Waals surface area contributed by atoms with E-state index in [1.807, 2.05) is 11.3 Å². The number of thiazole rings is 1. The Bertz CT molecular complexity index is 410. The van der Waals surface area contributed by atoms with E-state index in [2.05, 4.69) is 58.7 Å². The smallest absolute Gasteiger partial charge is 0.186 e. The summed E-state index contributed by atoms with van der Waals surface area (Å²) >= 11 is 1.87. The maximum Gasteiger partial charge on any atom is 0.186 e. The number of nitrogens with one attached hydrogen (secondary N) is 1. The highest BCUT2D eigenvalue weighted by molar-refractivity contribution is 7.15. The fourth-order valence-electron chi connectivity index (χ4n) is 2.34. The Hall–Kier alpha value is -0.610. The first-order chi connectivity index (χ1) is 9.86. The molecule has 3 nitrogen and oxygen atoms in total. The van der Waals surface area contributed by atoms with Crippen LogP contribution in [-0.2, 0) is 6.54 Å². The van der Waals surface area contributed by atoms with E-state index in [1.165, 1.54) is 15.7 Å². The number of hydrogen-bond donors (Lipinski definition) is 1. The first-order valence-electron chi connectivity index (χ1n) is 8.33. The lowest BCUT2D eigenvalue weighted by Crippen LogP contribution is -2.31. The van der Waals surface area contributed by atoms with Crippen molar-refractivity contribution < 1.29 is 0 Å². The second kappa shape index (κ2) is 8.74. The van der Waals surface area contributed by atoms with Crippen molar-refractivity contribution in [2.24, 2.45) is 5.92 Å². The standard InChI is InChI=1S/C17H33N3S/c1-8-9-20(14(6)7)17-19-16(13(4)5)15(21-17)11-18-10-12(2)3/h12-14,18H,8-11H2,1-7H3. The van der Waals surface area contributed by atoms with Crippen molar-refractivity contribution in [3.05, 3.63) is 10.6 Å². The maximum atomic E-state index is 4.95. The number of rotatable bonds is 9. The van der Waals surface area contributed by atoms with Crippen LogP contribution in [0, 0.1) is 5.92 Å². The molecule has 0 spiro atoms. The molecule has 122 valence electrons. The molecular formula is C17H33N3S. The summed E-state index contributed by atoms with van der Waals surface area (Å²) in [6, 6.07) is 0.507. The molecule has 0 unspecified atom stereocenters. The number of nitrogens with zero attached hydrogens (tertiary/aromatic N) is 2. The van der Waals surface area contributed by atoms with Gasteiger partial charge in [0, 0.05) is 24.0 Å². The molecule has 0 fully saturated rings. The van der Waals surface area contributed by atoms with Crippen LogP contribution in [0.5, 0.6) is 0 Å². The highest BCUT2D eigenvalue weighted by atomic mass is 32.1. The molecule has 0 aliphatic rings. The molecule has 0 saturated carbocycles. The molecule has 0 radical (unpaired) electrons. The fraction of sp³-hybridized carbons (Fsp3) is 0.824. The van der Waals surface area contributed by atoms with Gasteiger partial charge in [0.1, 0.15) is 0 Å². The van der Waals surface area contributed by atoms with Crippen LogP contribution in [0.3, 0.4) is 0 Å². The zero-order valence-corrected chi connectivity index (χ0v) is 15.7. The second-order valence-electron chi connectivity index (χ2n) is 6.77. The van der Waals surface area contributed by atoms with Gasteiger partial charge >= 0.3 is 0 Å². The third-order valence-electron chi connectivity index (χ3n) is 3.43. The molecule has 1 aromatic heterocycles. The third kappa shape index (κ3) is 5.59. The van der Waals surface area contributed by atoms with Gasteiger partial charge in [0.2, 0.25) is 0 Å². The van der Waals surface area contributed by atoms with Crippen LogP contribution in [0.25, 0.3) is 0 Å². The molecular weight excluding hydrogens is 278 g/mol. The van der Waals surface area contributed by atoms with Crippen molar-refractivity contribution in [2.45, 2.75) is 73.4 Å². The molecule has 1 heterocycles. The minimum absolute atomic E-state index is 0.487. The summed E-state index contributed by atoms with van der Waals surface area (Å²) in [6.07, 6.45) is 1.16. The van der Waals surface area contributed by atoms with E-state index in [4.69, 9.17) is 4.98 Å². The van der Waals surface area contributed by atoms with E-state index in [9.17, 15) is 0 Å². The van der Waals surface area contributed by atoms with E-state index in [0.717, 1.165) is 26.1 Å². The summed E-state index contributed by atoms with van der Waals surface area (Å²) in [7, 11) is 0. The summed E-state index contributed by atoms with van der Waals surface area (Å²) in [6.45, 7) is 18.8. The Morgan fingerprint density at radius 3 is 2.29 bits per heavy atom. The number of aromatic nitrogens is 1. The molecule has 4 heteroatoms. The van der Waals surface area contributed by atoms with Gasteiger partial charge in [-0.1, -0.05) is 34.6 Å². The lowest BCUT2D eigenvalue weighted by atomic mass is 10.1. The number of hydrogen-bond acceptors (Lipinski definition) is 4. The molecule has 1 rings (SSSR count). The fourth-order valence-corrected chi connectivity index (χ4v) is 3.69. The van der Waals surface area contributed by atoms with Gasteiger partial charge in [0.25, 0.3) is 0 Å². The van der Waals surface area contributed by atoms with E-state index < -0.39 is 0 Å². The Morgan fingerprint density at radius 1 is 1.14 bits per heavy atom. The van der Waals surface area contributed by atoms with Crippen LogP contribution in [0.1, 0.15) is 71.4 Å². The van der Waals surface area contributed by atoms with E-state index in [0.29, 0.717) is 17.9 Å². The lowest BCUT2D eigenvalue weighted by molar-refractivity contribution is 0.552. The largest absolute Gasteiger partial charge is 0.346 e. The average molecular weight is 312 g/mol. The van der Waals surface area contributed by atoms with Gasteiger partial charge in [-0.25, -0.2) is 4.98 Å². The summed E-state index contributed by atoms with van der Waals surface area (Å²) in [5, 5.41) is 4.75. The van der Waals surface area contributed by atoms with Crippen LogP contribution in [-0.4, -0.2) is 24.1 Å². The summed E-state index contributed by atoms with van der Waals surface area (Å²) in [5.74, 6) is 1.17. The molecule has 0 bridgehead atoms. The molecule has 0 aliphatic heterocycles. The second-order valence-corrected chi connectivity index (χ2v) is 7.83. The van der Waals surface area contributed by atoms with Crippen molar-refractivity contribution >= 4 is 16.5 Å². The van der Waals surface area contributed by atoms with Crippen LogP contribution in [0.2, 0.25) is 0 Å². The van der Waals surface area contributed by atoms with Crippen molar-refractivity contribution in [1.82, 2.24) is 10.3 Å². The predicted molar refractivity (Wildman–Crippen MR) is 95.5 cm³/mol. The minimum Gasteiger partial charge on any atom is -0.346 e. The highest BCUT2D eigenvalue weighted by Gasteiger charge is 2.19. The van der Waals surface area contributed by atoms with Crippen molar-refractivity contribution in [3.8, 4) is 0 Å². The zero-order chi connectivity index (χ0) is 16.0. The Morgan fingerprint density at radius 2 is 1.81 bits per heavy atom.